The van der Waals surface area contributed by atoms with Crippen LogP contribution in [-0.2, 0) is 4.79 Å². The van der Waals surface area contributed by atoms with E-state index in [1.54, 1.807) is 19.3 Å². The van der Waals surface area contributed by atoms with Gasteiger partial charge in [0.25, 0.3) is 0 Å². The Bertz CT molecular complexity index is 458. The van der Waals surface area contributed by atoms with Gasteiger partial charge < -0.3 is 20.3 Å². The molecule has 6 heteroatoms. The molecule has 3 N–H and O–H groups in total. The third-order valence-corrected chi connectivity index (χ3v) is 2.89. The number of benzene rings is 1. The number of hydrogen-bond acceptors (Lipinski definition) is 4. The largest absolute Gasteiger partial charge is 0.496 e. The fraction of sp³-hybridized carbons (Fsp3) is 0.308. The van der Waals surface area contributed by atoms with E-state index in [4.69, 9.17) is 14.9 Å². The van der Waals surface area contributed by atoms with Crippen LogP contribution in [0.3, 0.4) is 0 Å². The quantitative estimate of drug-likeness (QED) is 0.679. The van der Waals surface area contributed by atoms with Crippen molar-refractivity contribution in [1.82, 2.24) is 5.32 Å². The molecule has 0 fully saturated rings. The Labute approximate surface area is 120 Å². The molecule has 0 aliphatic rings. The van der Waals surface area contributed by atoms with Crippen molar-refractivity contribution in [2.75, 3.05) is 20.3 Å². The van der Waals surface area contributed by atoms with Crippen molar-refractivity contribution in [3.63, 3.8) is 0 Å². The van der Waals surface area contributed by atoms with Gasteiger partial charge in [-0.2, -0.15) is 0 Å². The third-order valence-electron chi connectivity index (χ3n) is 2.39. The molecule has 0 spiro atoms. The van der Waals surface area contributed by atoms with Crippen molar-refractivity contribution < 1.29 is 19.7 Å². The molecule has 104 valence electrons. The highest BCUT2D eigenvalue weighted by atomic mass is 79.9. The molecule has 1 amide bonds. The van der Waals surface area contributed by atoms with Gasteiger partial charge in [-0.1, -0.05) is 15.9 Å². The van der Waals surface area contributed by atoms with Gasteiger partial charge in [0, 0.05) is 16.1 Å². The number of carbonyl (C=O) groups is 1. The van der Waals surface area contributed by atoms with Gasteiger partial charge in [-0.25, -0.2) is 0 Å². The second kappa shape index (κ2) is 7.93. The van der Waals surface area contributed by atoms with Gasteiger partial charge in [-0.15, -0.1) is 0 Å². The lowest BCUT2D eigenvalue weighted by Crippen LogP contribution is -2.39. The van der Waals surface area contributed by atoms with E-state index < -0.39 is 11.9 Å². The zero-order valence-electron chi connectivity index (χ0n) is 10.5. The minimum absolute atomic E-state index is 0.309. The molecule has 0 aliphatic carbocycles. The van der Waals surface area contributed by atoms with Crippen molar-refractivity contribution in [1.29, 1.82) is 0 Å². The Kier molecular flexibility index (Phi) is 6.55. The number of carbonyl (C=O) groups excluding carboxylic acids is 1. The lowest BCUT2D eigenvalue weighted by atomic mass is 10.2. The fourth-order valence-corrected chi connectivity index (χ4v) is 1.78. The number of methoxy groups -OCH3 is 1. The van der Waals surface area contributed by atoms with Crippen LogP contribution >= 0.6 is 15.9 Å². The van der Waals surface area contributed by atoms with Crippen LogP contribution in [0.1, 0.15) is 5.56 Å². The maximum absolute atomic E-state index is 11.6. The predicted octanol–water partition coefficient (Wildman–Crippen LogP) is 0.940. The molecule has 0 saturated carbocycles. The second-order valence-corrected chi connectivity index (χ2v) is 4.71. The lowest BCUT2D eigenvalue weighted by molar-refractivity contribution is -0.117. The average Bonchev–Trinajstić information content (AvgIpc) is 2.42. The van der Waals surface area contributed by atoms with Crippen molar-refractivity contribution in [3.05, 3.63) is 34.3 Å². The Morgan fingerprint density at radius 2 is 2.16 bits per heavy atom. The predicted molar refractivity (Wildman–Crippen MR) is 75.8 cm³/mol. The van der Waals surface area contributed by atoms with Crippen LogP contribution in [0.2, 0.25) is 0 Å². The topological polar surface area (TPSA) is 78.8 Å². The number of nitrogens with one attached hydrogen (secondary N) is 1. The molecule has 0 heterocycles. The summed E-state index contributed by atoms with van der Waals surface area (Å²) in [5.74, 6) is 0.253. The molecule has 0 saturated heterocycles. The summed E-state index contributed by atoms with van der Waals surface area (Å²) in [4.78, 5) is 11.6. The number of amides is 1. The van der Waals surface area contributed by atoms with Crippen LogP contribution in [0.25, 0.3) is 6.08 Å². The summed E-state index contributed by atoms with van der Waals surface area (Å²) in [6.07, 6.45) is 2.92. The van der Waals surface area contributed by atoms with Gasteiger partial charge in [0.05, 0.1) is 26.4 Å². The highest BCUT2D eigenvalue weighted by Crippen LogP contribution is 2.23. The zero-order valence-corrected chi connectivity index (χ0v) is 12.1. The summed E-state index contributed by atoms with van der Waals surface area (Å²) >= 11 is 3.34. The molecule has 0 unspecified atom stereocenters. The number of aliphatic hydroxyl groups excluding tert-OH is 2. The molecule has 1 rings (SSSR count). The Morgan fingerprint density at radius 1 is 1.47 bits per heavy atom. The zero-order chi connectivity index (χ0) is 14.3. The fourth-order valence-electron chi connectivity index (χ4n) is 1.40. The Morgan fingerprint density at radius 3 is 2.74 bits per heavy atom. The van der Waals surface area contributed by atoms with E-state index in [2.05, 4.69) is 21.2 Å². The van der Waals surface area contributed by atoms with E-state index >= 15 is 0 Å². The number of rotatable bonds is 6. The smallest absolute Gasteiger partial charge is 0.244 e. The minimum Gasteiger partial charge on any atom is -0.496 e. The Hall–Kier alpha value is -1.37. The number of halogens is 1. The van der Waals surface area contributed by atoms with E-state index in [0.29, 0.717) is 5.75 Å². The van der Waals surface area contributed by atoms with Crippen LogP contribution in [0.4, 0.5) is 0 Å². The molecular formula is C13H16BrNO4. The molecule has 5 nitrogen and oxygen atoms in total. The normalized spacial score (nSPS) is 11.0. The van der Waals surface area contributed by atoms with Crippen molar-refractivity contribution in [2.24, 2.45) is 0 Å². The molecule has 0 aliphatic heterocycles. The van der Waals surface area contributed by atoms with Crippen LogP contribution in [0, 0.1) is 0 Å². The number of aliphatic hydroxyl groups is 2. The molecule has 0 atom stereocenters. The van der Waals surface area contributed by atoms with Gasteiger partial charge >= 0.3 is 0 Å². The summed E-state index contributed by atoms with van der Waals surface area (Å²) in [6, 6.07) is 4.79. The van der Waals surface area contributed by atoms with Crippen LogP contribution in [-0.4, -0.2) is 42.5 Å². The summed E-state index contributed by atoms with van der Waals surface area (Å²) in [5.41, 5.74) is 0.747. The van der Waals surface area contributed by atoms with E-state index in [0.717, 1.165) is 10.0 Å². The molecule has 1 aromatic carbocycles. The molecule has 0 aromatic heterocycles. The van der Waals surface area contributed by atoms with Crippen LogP contribution in [0.15, 0.2) is 28.7 Å². The molecule has 0 radical (unpaired) electrons. The molecule has 19 heavy (non-hydrogen) atoms. The van der Waals surface area contributed by atoms with Gasteiger partial charge in [-0.3, -0.25) is 4.79 Å². The maximum Gasteiger partial charge on any atom is 0.244 e. The van der Waals surface area contributed by atoms with Gasteiger partial charge in [0.2, 0.25) is 5.91 Å². The van der Waals surface area contributed by atoms with E-state index in [1.807, 2.05) is 12.1 Å². The van der Waals surface area contributed by atoms with Gasteiger partial charge in [-0.05, 0) is 24.3 Å². The molecule has 1 aromatic rings. The average molecular weight is 330 g/mol. The highest BCUT2D eigenvalue weighted by Gasteiger charge is 2.07. The first kappa shape index (κ1) is 15.7. The van der Waals surface area contributed by atoms with Gasteiger partial charge in [0.1, 0.15) is 5.75 Å². The van der Waals surface area contributed by atoms with E-state index in [-0.39, 0.29) is 13.2 Å². The minimum atomic E-state index is -0.651. The van der Waals surface area contributed by atoms with Crippen LogP contribution < -0.4 is 10.1 Å². The monoisotopic (exact) mass is 329 g/mol. The molecular weight excluding hydrogens is 314 g/mol. The van der Waals surface area contributed by atoms with Crippen molar-refractivity contribution in [3.8, 4) is 5.75 Å². The first-order valence-corrected chi connectivity index (χ1v) is 6.43. The van der Waals surface area contributed by atoms with Crippen molar-refractivity contribution >= 4 is 27.9 Å². The summed E-state index contributed by atoms with van der Waals surface area (Å²) in [5, 5.41) is 20.2. The lowest BCUT2D eigenvalue weighted by Gasteiger charge is -2.11. The van der Waals surface area contributed by atoms with Gasteiger partial charge in [0.15, 0.2) is 0 Å². The van der Waals surface area contributed by atoms with Crippen LogP contribution in [0.5, 0.6) is 5.75 Å². The third kappa shape index (κ3) is 5.02. The number of ether oxygens (including phenoxy) is 1. The SMILES string of the molecule is COc1ccc(Br)cc1C=CC(=O)NC(CO)CO. The maximum atomic E-state index is 11.6. The first-order valence-electron chi connectivity index (χ1n) is 5.64. The summed E-state index contributed by atoms with van der Waals surface area (Å²) in [6.45, 7) is -0.618. The Balaban J connectivity index is 2.75. The van der Waals surface area contributed by atoms with E-state index in [1.165, 1.54) is 6.08 Å². The first-order chi connectivity index (χ1) is 9.10. The standard InChI is InChI=1S/C13H16BrNO4/c1-19-12-4-3-10(14)6-9(12)2-5-13(18)15-11(7-16)8-17/h2-6,11,16-17H,7-8H2,1H3,(H,15,18). The second-order valence-electron chi connectivity index (χ2n) is 3.79. The van der Waals surface area contributed by atoms with Crippen molar-refractivity contribution in [2.45, 2.75) is 6.04 Å². The summed E-state index contributed by atoms with van der Waals surface area (Å²) in [7, 11) is 1.55. The van der Waals surface area contributed by atoms with E-state index in [9.17, 15) is 4.79 Å². The summed E-state index contributed by atoms with van der Waals surface area (Å²) < 4.78 is 6.04. The highest BCUT2D eigenvalue weighted by molar-refractivity contribution is 9.10. The number of hydrogen-bond donors (Lipinski definition) is 3. The molecule has 0 bridgehead atoms.